The van der Waals surface area contributed by atoms with Crippen molar-refractivity contribution in [3.05, 3.63) is 29.6 Å². The first kappa shape index (κ1) is 14.0. The van der Waals surface area contributed by atoms with Crippen molar-refractivity contribution in [2.24, 2.45) is 5.84 Å². The first-order valence-corrected chi connectivity index (χ1v) is 6.70. The topological polar surface area (TPSA) is 76.7 Å². The molecule has 0 bridgehead atoms. The Morgan fingerprint density at radius 3 is 2.74 bits per heavy atom. The first-order chi connectivity index (χ1) is 9.00. The number of anilines is 1. The lowest BCUT2D eigenvalue weighted by Gasteiger charge is -2.06. The van der Waals surface area contributed by atoms with E-state index in [9.17, 15) is 13.2 Å². The molecule has 19 heavy (non-hydrogen) atoms. The Bertz CT molecular complexity index is 540. The van der Waals surface area contributed by atoms with E-state index in [-0.39, 0.29) is 0 Å². The normalized spacial score (nSPS) is 11.6. The van der Waals surface area contributed by atoms with E-state index in [1.165, 1.54) is 17.8 Å². The van der Waals surface area contributed by atoms with Crippen LogP contribution in [-0.4, -0.2) is 14.6 Å². The highest BCUT2D eigenvalue weighted by Crippen LogP contribution is 2.30. The summed E-state index contributed by atoms with van der Waals surface area (Å²) in [5.74, 6) is 5.69. The third kappa shape index (κ3) is 3.55. The highest BCUT2D eigenvalue weighted by atomic mass is 32.2. The number of hydrogen-bond donors (Lipinski definition) is 2. The molecule has 0 aliphatic rings. The molecule has 0 amide bonds. The average molecular weight is 307 g/mol. The van der Waals surface area contributed by atoms with Crippen LogP contribution >= 0.6 is 23.3 Å². The Morgan fingerprint density at radius 2 is 2.16 bits per heavy atom. The quantitative estimate of drug-likeness (QED) is 0.513. The number of aromatic nitrogens is 3. The Balaban J connectivity index is 2.01. The molecule has 0 radical (unpaired) electrons. The van der Waals surface area contributed by atoms with Gasteiger partial charge in [-0.15, -0.1) is 5.10 Å². The van der Waals surface area contributed by atoms with Crippen LogP contribution < -0.4 is 11.3 Å². The van der Waals surface area contributed by atoms with E-state index in [2.05, 4.69) is 20.0 Å². The van der Waals surface area contributed by atoms with Crippen molar-refractivity contribution in [2.75, 3.05) is 5.43 Å². The molecule has 2 rings (SSSR count). The van der Waals surface area contributed by atoms with Crippen LogP contribution in [-0.2, 0) is 11.9 Å². The Morgan fingerprint density at radius 1 is 1.37 bits per heavy atom. The number of pyridine rings is 1. The summed E-state index contributed by atoms with van der Waals surface area (Å²) in [5.41, 5.74) is 2.32. The zero-order valence-corrected chi connectivity index (χ0v) is 10.9. The lowest BCUT2D eigenvalue weighted by atomic mass is 10.3. The number of rotatable bonds is 4. The van der Waals surface area contributed by atoms with E-state index < -0.39 is 11.7 Å². The molecule has 0 aromatic carbocycles. The van der Waals surface area contributed by atoms with Crippen molar-refractivity contribution in [1.82, 2.24) is 14.6 Å². The zero-order valence-electron chi connectivity index (χ0n) is 9.31. The molecule has 10 heteroatoms. The highest BCUT2D eigenvalue weighted by Gasteiger charge is 2.30. The minimum atomic E-state index is -4.37. The van der Waals surface area contributed by atoms with Gasteiger partial charge in [-0.2, -0.15) is 13.2 Å². The van der Waals surface area contributed by atoms with Crippen molar-refractivity contribution in [3.63, 3.8) is 0 Å². The monoisotopic (exact) mass is 307 g/mol. The second-order valence-corrected chi connectivity index (χ2v) is 5.11. The van der Waals surface area contributed by atoms with E-state index in [0.717, 1.165) is 23.8 Å². The van der Waals surface area contributed by atoms with Crippen molar-refractivity contribution in [1.29, 1.82) is 0 Å². The van der Waals surface area contributed by atoms with Gasteiger partial charge in [-0.25, -0.2) is 10.8 Å². The molecule has 0 aliphatic heterocycles. The number of thioether (sulfide) groups is 1. The van der Waals surface area contributed by atoms with Gasteiger partial charge in [-0.05, 0) is 12.1 Å². The standard InChI is InChI=1S/C9H8F3N5S2/c10-9(11,12)5-1-2-7(14-3-5)18-4-6-8(15-13)19-17-16-6/h1-3,15H,4,13H2. The van der Waals surface area contributed by atoms with Crippen LogP contribution in [0.25, 0.3) is 0 Å². The maximum absolute atomic E-state index is 12.3. The molecule has 0 fully saturated rings. The molecule has 102 valence electrons. The predicted molar refractivity (Wildman–Crippen MR) is 66.5 cm³/mol. The number of hydrogen-bond acceptors (Lipinski definition) is 7. The molecule has 3 N–H and O–H groups in total. The smallest absolute Gasteiger partial charge is 0.313 e. The van der Waals surface area contributed by atoms with Gasteiger partial charge in [0.1, 0.15) is 10.7 Å². The van der Waals surface area contributed by atoms with Gasteiger partial charge in [-0.3, -0.25) is 0 Å². The molecular formula is C9H8F3N5S2. The second kappa shape index (κ2) is 5.72. The minimum Gasteiger partial charge on any atom is -0.313 e. The molecule has 0 saturated heterocycles. The van der Waals surface area contributed by atoms with Crippen LogP contribution in [0.4, 0.5) is 18.2 Å². The maximum Gasteiger partial charge on any atom is 0.417 e. The number of nitrogens with two attached hydrogens (primary N) is 1. The van der Waals surface area contributed by atoms with Crippen LogP contribution in [0.2, 0.25) is 0 Å². The molecular weight excluding hydrogens is 299 g/mol. The molecule has 0 saturated carbocycles. The second-order valence-electron chi connectivity index (χ2n) is 3.36. The summed E-state index contributed by atoms with van der Waals surface area (Å²) in [5, 5.41) is 4.96. The van der Waals surface area contributed by atoms with E-state index >= 15 is 0 Å². The molecule has 0 unspecified atom stereocenters. The summed E-state index contributed by atoms with van der Waals surface area (Å²) in [6.45, 7) is 0. The van der Waals surface area contributed by atoms with Gasteiger partial charge in [0.05, 0.1) is 10.6 Å². The molecule has 2 heterocycles. The Hall–Kier alpha value is -1.39. The van der Waals surface area contributed by atoms with E-state index in [1.54, 1.807) is 0 Å². The van der Waals surface area contributed by atoms with Gasteiger partial charge in [0.2, 0.25) is 0 Å². The molecule has 2 aromatic rings. The summed E-state index contributed by atoms with van der Waals surface area (Å²) in [4.78, 5) is 3.75. The number of nitrogen functional groups attached to an aromatic ring is 1. The number of halogens is 3. The lowest BCUT2D eigenvalue weighted by molar-refractivity contribution is -0.137. The fourth-order valence-electron chi connectivity index (χ4n) is 1.19. The minimum absolute atomic E-state index is 0.425. The summed E-state index contributed by atoms with van der Waals surface area (Å²) in [6, 6.07) is 2.32. The zero-order chi connectivity index (χ0) is 13.9. The fraction of sp³-hybridized carbons (Fsp3) is 0.222. The van der Waals surface area contributed by atoms with Gasteiger partial charge in [0, 0.05) is 23.5 Å². The SMILES string of the molecule is NNc1snnc1CSc1ccc(C(F)(F)F)cn1. The van der Waals surface area contributed by atoms with Crippen molar-refractivity contribution in [3.8, 4) is 0 Å². The van der Waals surface area contributed by atoms with Gasteiger partial charge in [0.15, 0.2) is 0 Å². The van der Waals surface area contributed by atoms with E-state index in [1.807, 2.05) is 0 Å². The third-order valence-corrected chi connectivity index (χ3v) is 3.76. The van der Waals surface area contributed by atoms with E-state index in [4.69, 9.17) is 5.84 Å². The Labute approximate surface area is 114 Å². The largest absolute Gasteiger partial charge is 0.417 e. The molecule has 0 aliphatic carbocycles. The number of hydrazine groups is 1. The van der Waals surface area contributed by atoms with Crippen molar-refractivity contribution >= 4 is 28.3 Å². The van der Waals surface area contributed by atoms with Gasteiger partial charge >= 0.3 is 6.18 Å². The van der Waals surface area contributed by atoms with Gasteiger partial charge < -0.3 is 5.43 Å². The Kier molecular flexibility index (Phi) is 4.22. The third-order valence-electron chi connectivity index (χ3n) is 2.11. The van der Waals surface area contributed by atoms with Crippen LogP contribution in [0.15, 0.2) is 23.4 Å². The summed E-state index contributed by atoms with van der Waals surface area (Å²) in [7, 11) is 0. The number of nitrogens with one attached hydrogen (secondary N) is 1. The summed E-state index contributed by atoms with van der Waals surface area (Å²) >= 11 is 2.37. The summed E-state index contributed by atoms with van der Waals surface area (Å²) < 4.78 is 40.7. The number of alkyl halides is 3. The number of nitrogens with zero attached hydrogens (tertiary/aromatic N) is 3. The maximum atomic E-state index is 12.3. The first-order valence-electron chi connectivity index (χ1n) is 4.94. The van der Waals surface area contributed by atoms with Crippen molar-refractivity contribution < 1.29 is 13.2 Å². The molecule has 5 nitrogen and oxygen atoms in total. The molecule has 2 aromatic heterocycles. The van der Waals surface area contributed by atoms with Crippen LogP contribution in [0.1, 0.15) is 11.3 Å². The predicted octanol–water partition coefficient (Wildman–Crippen LogP) is 2.53. The molecule has 0 spiro atoms. The van der Waals surface area contributed by atoms with Crippen LogP contribution in [0.3, 0.4) is 0 Å². The van der Waals surface area contributed by atoms with Gasteiger partial charge in [-0.1, -0.05) is 16.3 Å². The average Bonchev–Trinajstić information content (AvgIpc) is 2.83. The van der Waals surface area contributed by atoms with Crippen LogP contribution in [0.5, 0.6) is 0 Å². The summed E-state index contributed by atoms with van der Waals surface area (Å²) in [6.07, 6.45) is -3.56. The fourth-order valence-corrected chi connectivity index (χ4v) is 2.55. The van der Waals surface area contributed by atoms with E-state index in [0.29, 0.717) is 21.5 Å². The highest BCUT2D eigenvalue weighted by molar-refractivity contribution is 7.98. The van der Waals surface area contributed by atoms with Gasteiger partial charge in [0.25, 0.3) is 0 Å². The lowest BCUT2D eigenvalue weighted by Crippen LogP contribution is -2.07. The van der Waals surface area contributed by atoms with Crippen LogP contribution in [0, 0.1) is 0 Å². The van der Waals surface area contributed by atoms with Crippen molar-refractivity contribution in [2.45, 2.75) is 17.0 Å². The molecule has 0 atom stereocenters.